The van der Waals surface area contributed by atoms with E-state index in [9.17, 15) is 13.5 Å². The molecule has 0 saturated carbocycles. The number of nitrogens with zero attached hydrogens (tertiary/aromatic N) is 2. The van der Waals surface area contributed by atoms with Crippen molar-refractivity contribution in [2.24, 2.45) is 0 Å². The number of aliphatic hydroxyl groups is 1. The first kappa shape index (κ1) is 15.7. The molecule has 0 aliphatic carbocycles. The van der Waals surface area contributed by atoms with Gasteiger partial charge in [-0.1, -0.05) is 11.6 Å². The number of benzene rings is 1. The van der Waals surface area contributed by atoms with E-state index in [2.05, 4.69) is 0 Å². The van der Waals surface area contributed by atoms with Crippen LogP contribution in [0.4, 0.5) is 0 Å². The van der Waals surface area contributed by atoms with Crippen molar-refractivity contribution in [2.45, 2.75) is 16.9 Å². The fourth-order valence-corrected chi connectivity index (χ4v) is 4.14. The highest BCUT2D eigenvalue weighted by atomic mass is 35.5. The van der Waals surface area contributed by atoms with Crippen LogP contribution in [-0.4, -0.2) is 62.1 Å². The Kier molecular flexibility index (Phi) is 4.41. The second kappa shape index (κ2) is 5.61. The van der Waals surface area contributed by atoms with Crippen LogP contribution in [0.1, 0.15) is 6.42 Å². The predicted molar refractivity (Wildman–Crippen MR) is 78.3 cm³/mol. The summed E-state index contributed by atoms with van der Waals surface area (Å²) >= 11 is 5.77. The van der Waals surface area contributed by atoms with Crippen molar-refractivity contribution < 1.29 is 13.5 Å². The predicted octanol–water partition coefficient (Wildman–Crippen LogP) is 1.03. The summed E-state index contributed by atoms with van der Waals surface area (Å²) in [6.07, 6.45) is 0.442. The summed E-state index contributed by atoms with van der Waals surface area (Å²) in [5, 5.41) is 10.9. The number of halogens is 1. The van der Waals surface area contributed by atoms with Crippen LogP contribution in [0.5, 0.6) is 0 Å². The largest absolute Gasteiger partial charge is 0.387 e. The second-order valence-electron chi connectivity index (χ2n) is 5.50. The fourth-order valence-electron chi connectivity index (χ4n) is 2.50. The molecule has 20 heavy (non-hydrogen) atoms. The van der Waals surface area contributed by atoms with Crippen molar-refractivity contribution in [3.63, 3.8) is 0 Å². The summed E-state index contributed by atoms with van der Waals surface area (Å²) in [4.78, 5) is 2.06. The molecular formula is C13H19ClN2O3S. The zero-order valence-electron chi connectivity index (χ0n) is 11.6. The lowest BCUT2D eigenvalue weighted by atomic mass is 10.0. The van der Waals surface area contributed by atoms with E-state index in [1.807, 2.05) is 19.0 Å². The van der Waals surface area contributed by atoms with Crippen molar-refractivity contribution in [3.05, 3.63) is 29.3 Å². The van der Waals surface area contributed by atoms with Gasteiger partial charge in [-0.3, -0.25) is 0 Å². The van der Waals surface area contributed by atoms with Gasteiger partial charge in [0, 0.05) is 24.7 Å². The van der Waals surface area contributed by atoms with Gasteiger partial charge in [0.05, 0.1) is 10.5 Å². The van der Waals surface area contributed by atoms with Crippen LogP contribution in [0.2, 0.25) is 5.02 Å². The Hall–Kier alpha value is -0.660. The molecule has 1 aromatic rings. The van der Waals surface area contributed by atoms with Crippen LogP contribution >= 0.6 is 11.6 Å². The molecule has 0 spiro atoms. The van der Waals surface area contributed by atoms with E-state index in [1.54, 1.807) is 12.1 Å². The number of sulfonamides is 1. The maximum Gasteiger partial charge on any atom is 0.243 e. The highest BCUT2D eigenvalue weighted by Gasteiger charge is 2.41. The second-order valence-corrected chi connectivity index (χ2v) is 7.88. The van der Waals surface area contributed by atoms with Gasteiger partial charge in [-0.05, 0) is 44.8 Å². The van der Waals surface area contributed by atoms with Crippen molar-refractivity contribution in [3.8, 4) is 0 Å². The third-order valence-electron chi connectivity index (χ3n) is 3.36. The van der Waals surface area contributed by atoms with Crippen LogP contribution in [0.3, 0.4) is 0 Å². The molecule has 0 aromatic heterocycles. The highest BCUT2D eigenvalue weighted by molar-refractivity contribution is 7.89. The molecule has 5 nitrogen and oxygen atoms in total. The standard InChI is InChI=1S/C13H19ClN2O3S/c1-15(2)9-13(17)7-8-16(10-13)20(18,19)12-5-3-11(14)4-6-12/h3-6,17H,7-10H2,1-2H3/t13-/m0/s1. The van der Waals surface area contributed by atoms with Gasteiger partial charge in [0.15, 0.2) is 0 Å². The monoisotopic (exact) mass is 318 g/mol. The molecule has 1 aromatic carbocycles. The lowest BCUT2D eigenvalue weighted by molar-refractivity contribution is 0.0302. The van der Waals surface area contributed by atoms with E-state index >= 15 is 0 Å². The van der Waals surface area contributed by atoms with E-state index in [4.69, 9.17) is 11.6 Å². The van der Waals surface area contributed by atoms with Gasteiger partial charge in [0.25, 0.3) is 0 Å². The van der Waals surface area contributed by atoms with Gasteiger partial charge in [-0.15, -0.1) is 0 Å². The molecule has 1 N–H and O–H groups in total. The van der Waals surface area contributed by atoms with Crippen molar-refractivity contribution >= 4 is 21.6 Å². The Morgan fingerprint density at radius 2 is 1.95 bits per heavy atom. The minimum Gasteiger partial charge on any atom is -0.387 e. The minimum atomic E-state index is -3.57. The number of hydrogen-bond donors (Lipinski definition) is 1. The fraction of sp³-hybridized carbons (Fsp3) is 0.538. The third-order valence-corrected chi connectivity index (χ3v) is 5.47. The molecule has 0 bridgehead atoms. The Morgan fingerprint density at radius 1 is 1.35 bits per heavy atom. The van der Waals surface area contributed by atoms with Gasteiger partial charge < -0.3 is 10.0 Å². The summed E-state index contributed by atoms with van der Waals surface area (Å²) < 4.78 is 26.3. The number of likely N-dealkylation sites (N-methyl/N-ethyl adjacent to an activating group) is 1. The summed E-state index contributed by atoms with van der Waals surface area (Å²) in [6, 6.07) is 6.08. The number of β-amino-alcohol motifs (C(OH)–C–C–N with tert-alkyl or cyclic N) is 1. The minimum absolute atomic E-state index is 0.121. The molecule has 1 saturated heterocycles. The summed E-state index contributed by atoms with van der Waals surface area (Å²) in [5.74, 6) is 0. The first-order valence-corrected chi connectivity index (χ1v) is 8.18. The van der Waals surface area contributed by atoms with Crippen LogP contribution in [-0.2, 0) is 10.0 Å². The molecule has 0 amide bonds. The SMILES string of the molecule is CN(C)C[C@@]1(O)CCN(S(=O)(=O)c2ccc(Cl)cc2)C1. The lowest BCUT2D eigenvalue weighted by Crippen LogP contribution is -2.43. The topological polar surface area (TPSA) is 60.9 Å². The molecule has 1 aliphatic heterocycles. The summed E-state index contributed by atoms with van der Waals surface area (Å²) in [5.41, 5.74) is -0.983. The Bertz CT molecular complexity index is 574. The molecule has 0 radical (unpaired) electrons. The molecule has 0 unspecified atom stereocenters. The van der Waals surface area contributed by atoms with Crippen LogP contribution in [0.25, 0.3) is 0 Å². The Morgan fingerprint density at radius 3 is 2.50 bits per heavy atom. The highest BCUT2D eigenvalue weighted by Crippen LogP contribution is 2.28. The maximum absolute atomic E-state index is 12.5. The molecule has 2 rings (SSSR count). The third kappa shape index (κ3) is 3.32. The van der Waals surface area contributed by atoms with Gasteiger partial charge >= 0.3 is 0 Å². The molecule has 1 aliphatic rings. The molecule has 112 valence electrons. The Labute approximate surface area is 124 Å². The van der Waals surface area contributed by atoms with Crippen molar-refractivity contribution in [1.29, 1.82) is 0 Å². The zero-order chi connectivity index (χ0) is 15.0. The molecular weight excluding hydrogens is 300 g/mol. The summed E-state index contributed by atoms with van der Waals surface area (Å²) in [6.45, 7) is 0.894. The van der Waals surface area contributed by atoms with Crippen molar-refractivity contribution in [2.75, 3.05) is 33.7 Å². The van der Waals surface area contributed by atoms with E-state index in [1.165, 1.54) is 16.4 Å². The first-order valence-electron chi connectivity index (χ1n) is 6.36. The summed E-state index contributed by atoms with van der Waals surface area (Å²) in [7, 11) is 0.145. The van der Waals surface area contributed by atoms with Crippen LogP contribution < -0.4 is 0 Å². The van der Waals surface area contributed by atoms with E-state index in [-0.39, 0.29) is 11.4 Å². The number of hydrogen-bond acceptors (Lipinski definition) is 4. The molecule has 7 heteroatoms. The molecule has 1 heterocycles. The van der Waals surface area contributed by atoms with E-state index in [0.29, 0.717) is 24.5 Å². The maximum atomic E-state index is 12.5. The Balaban J connectivity index is 2.18. The first-order chi connectivity index (χ1) is 9.23. The van der Waals surface area contributed by atoms with Crippen LogP contribution in [0.15, 0.2) is 29.2 Å². The van der Waals surface area contributed by atoms with E-state index in [0.717, 1.165) is 0 Å². The average molecular weight is 319 g/mol. The van der Waals surface area contributed by atoms with Crippen LogP contribution in [0, 0.1) is 0 Å². The van der Waals surface area contributed by atoms with Gasteiger partial charge in [0.2, 0.25) is 10.0 Å². The average Bonchev–Trinajstić information content (AvgIpc) is 2.71. The van der Waals surface area contributed by atoms with Crippen molar-refractivity contribution in [1.82, 2.24) is 9.21 Å². The molecule has 1 fully saturated rings. The zero-order valence-corrected chi connectivity index (χ0v) is 13.2. The lowest BCUT2D eigenvalue weighted by Gasteiger charge is -2.26. The van der Waals surface area contributed by atoms with E-state index < -0.39 is 15.6 Å². The quantitative estimate of drug-likeness (QED) is 0.900. The smallest absolute Gasteiger partial charge is 0.243 e. The van der Waals surface area contributed by atoms with Gasteiger partial charge in [-0.25, -0.2) is 8.42 Å². The number of rotatable bonds is 4. The normalized spacial score (nSPS) is 24.4. The van der Waals surface area contributed by atoms with Gasteiger partial charge in [-0.2, -0.15) is 4.31 Å². The van der Waals surface area contributed by atoms with Gasteiger partial charge in [0.1, 0.15) is 0 Å². The molecule has 1 atom stereocenters.